The van der Waals surface area contributed by atoms with Crippen LogP contribution < -0.4 is 15.8 Å². The van der Waals surface area contributed by atoms with Gasteiger partial charge in [0.15, 0.2) is 0 Å². The van der Waals surface area contributed by atoms with Crippen LogP contribution in [0.15, 0.2) is 35.5 Å². The number of anilines is 1. The van der Waals surface area contributed by atoms with Gasteiger partial charge in [-0.15, -0.1) is 0 Å². The third-order valence-electron chi connectivity index (χ3n) is 5.91. The molecular weight excluding hydrogens is 380 g/mol. The topological polar surface area (TPSA) is 98.8 Å². The predicted octanol–water partition coefficient (Wildman–Crippen LogP) is 3.01. The Morgan fingerprint density at radius 2 is 2.07 bits per heavy atom. The van der Waals surface area contributed by atoms with Crippen LogP contribution in [0.1, 0.15) is 34.5 Å². The molecule has 2 aromatic rings. The number of hydrogen-bond acceptors (Lipinski definition) is 6. The van der Waals surface area contributed by atoms with E-state index >= 15 is 0 Å². The molecule has 1 atom stereocenters. The summed E-state index contributed by atoms with van der Waals surface area (Å²) in [6.07, 6.45) is 3.48. The first-order valence-electron chi connectivity index (χ1n) is 9.11. The number of aliphatic imine (C=N–C) groups is 1. The second-order valence-electron chi connectivity index (χ2n) is 7.65. The summed E-state index contributed by atoms with van der Waals surface area (Å²) >= 11 is 5.93. The summed E-state index contributed by atoms with van der Waals surface area (Å²) in [7, 11) is 0. The van der Waals surface area contributed by atoms with Gasteiger partial charge in [-0.05, 0) is 49.6 Å². The van der Waals surface area contributed by atoms with Gasteiger partial charge in [0.1, 0.15) is 23.6 Å². The number of amidine groups is 1. The summed E-state index contributed by atoms with van der Waals surface area (Å²) in [5, 5.41) is 3.41. The van der Waals surface area contributed by atoms with Gasteiger partial charge in [0.2, 0.25) is 0 Å². The van der Waals surface area contributed by atoms with E-state index in [9.17, 15) is 4.79 Å². The van der Waals surface area contributed by atoms with Crippen molar-refractivity contribution >= 4 is 29.2 Å². The summed E-state index contributed by atoms with van der Waals surface area (Å²) in [5.74, 6) is 0.449. The van der Waals surface area contributed by atoms with Gasteiger partial charge in [0.25, 0.3) is 11.9 Å². The van der Waals surface area contributed by atoms with Crippen LogP contribution in [0.2, 0.25) is 5.02 Å². The van der Waals surface area contributed by atoms with Crippen LogP contribution in [0.5, 0.6) is 5.75 Å². The van der Waals surface area contributed by atoms with E-state index in [-0.39, 0.29) is 17.3 Å². The summed E-state index contributed by atoms with van der Waals surface area (Å²) < 4.78 is 11.6. The fraction of sp³-hybridized carbons (Fsp3) is 0.350. The molecule has 144 valence electrons. The van der Waals surface area contributed by atoms with Crippen molar-refractivity contribution in [3.8, 4) is 5.75 Å². The number of hydrogen-bond donors (Lipinski definition) is 2. The van der Waals surface area contributed by atoms with E-state index in [4.69, 9.17) is 31.8 Å². The highest BCUT2D eigenvalue weighted by molar-refractivity contribution is 6.30. The van der Waals surface area contributed by atoms with Gasteiger partial charge >= 0.3 is 0 Å². The van der Waals surface area contributed by atoms with Crippen molar-refractivity contribution in [2.75, 3.05) is 18.5 Å². The maximum absolute atomic E-state index is 12.7. The number of ether oxygens (including phenoxy) is 2. The van der Waals surface area contributed by atoms with E-state index in [0.29, 0.717) is 35.2 Å². The number of amides is 1. The van der Waals surface area contributed by atoms with Crippen LogP contribution in [-0.4, -0.2) is 30.1 Å². The Balaban J connectivity index is 1.51. The number of fused-ring (bicyclic) bond motifs is 3. The third kappa shape index (κ3) is 2.46. The lowest BCUT2D eigenvalue weighted by atomic mass is 9.74. The smallest absolute Gasteiger partial charge is 0.283 e. The van der Waals surface area contributed by atoms with Crippen molar-refractivity contribution in [2.24, 2.45) is 16.1 Å². The van der Waals surface area contributed by atoms with E-state index in [1.54, 1.807) is 13.0 Å². The molecule has 5 rings (SSSR count). The van der Waals surface area contributed by atoms with Gasteiger partial charge in [-0.2, -0.15) is 0 Å². The zero-order valence-electron chi connectivity index (χ0n) is 15.3. The maximum atomic E-state index is 12.7. The molecule has 3 N–H and O–H groups in total. The lowest BCUT2D eigenvalue weighted by molar-refractivity contribution is 0.0871. The molecule has 3 aliphatic rings. The Morgan fingerprint density at radius 3 is 2.75 bits per heavy atom. The lowest BCUT2D eigenvalue weighted by Gasteiger charge is -2.39. The van der Waals surface area contributed by atoms with E-state index in [2.05, 4.69) is 10.3 Å². The normalized spacial score (nSPS) is 23.6. The van der Waals surface area contributed by atoms with Gasteiger partial charge in [-0.1, -0.05) is 11.6 Å². The Bertz CT molecular complexity index is 1030. The second-order valence-corrected chi connectivity index (χ2v) is 8.09. The van der Waals surface area contributed by atoms with Gasteiger partial charge in [0, 0.05) is 22.9 Å². The Morgan fingerprint density at radius 1 is 1.25 bits per heavy atom. The number of carbonyl (C=O) groups excluding carboxylic acids is 1. The average Bonchev–Trinajstić information content (AvgIpc) is 3.34. The number of aryl methyl sites for hydroxylation is 1. The molecule has 0 saturated heterocycles. The van der Waals surface area contributed by atoms with Crippen molar-refractivity contribution < 1.29 is 14.3 Å². The van der Waals surface area contributed by atoms with Crippen molar-refractivity contribution in [3.05, 3.63) is 52.3 Å². The minimum absolute atomic E-state index is 0.0852. The molecule has 1 aliphatic carbocycles. The van der Waals surface area contributed by atoms with E-state index in [1.165, 1.54) is 6.20 Å². The standard InChI is InChI=1S/C20H19ClN4O3/c1-11-6-12(21)8-23-16(11)17(26)24-13-2-3-15-14(7-13)20(10-28-18(22)25-20)19(4-5-19)9-27-15/h2-3,6-8H,4-5,9-10H2,1H3,(H2,22,25)(H,24,26). The second kappa shape index (κ2) is 5.85. The number of carbonyl (C=O) groups is 1. The van der Waals surface area contributed by atoms with Crippen LogP contribution in [0.4, 0.5) is 5.69 Å². The molecular formula is C20H19ClN4O3. The molecule has 1 aromatic carbocycles. The van der Waals surface area contributed by atoms with Crippen molar-refractivity contribution in [1.29, 1.82) is 0 Å². The first-order valence-corrected chi connectivity index (χ1v) is 9.49. The van der Waals surface area contributed by atoms with Crippen molar-refractivity contribution in [2.45, 2.75) is 25.3 Å². The monoisotopic (exact) mass is 398 g/mol. The van der Waals surface area contributed by atoms with Crippen LogP contribution in [0.3, 0.4) is 0 Å². The molecule has 28 heavy (non-hydrogen) atoms. The fourth-order valence-electron chi connectivity index (χ4n) is 4.20. The molecule has 2 spiro atoms. The van der Waals surface area contributed by atoms with Gasteiger partial charge in [0.05, 0.1) is 11.6 Å². The average molecular weight is 399 g/mol. The molecule has 7 nitrogen and oxygen atoms in total. The van der Waals surface area contributed by atoms with Crippen LogP contribution in [-0.2, 0) is 10.3 Å². The van der Waals surface area contributed by atoms with Crippen molar-refractivity contribution in [3.63, 3.8) is 0 Å². The van der Waals surface area contributed by atoms with E-state index < -0.39 is 5.54 Å². The molecule has 1 aromatic heterocycles. The zero-order valence-corrected chi connectivity index (χ0v) is 16.0. The highest BCUT2D eigenvalue weighted by atomic mass is 35.5. The number of benzene rings is 1. The van der Waals surface area contributed by atoms with Crippen LogP contribution in [0, 0.1) is 12.3 Å². The zero-order chi connectivity index (χ0) is 19.5. The SMILES string of the molecule is Cc1cc(Cl)cnc1C(=O)Nc1ccc2c(c1)C1(COC(N)=N1)C1(CC1)CO2. The van der Waals surface area contributed by atoms with E-state index in [0.717, 1.165) is 24.2 Å². The number of halogens is 1. The Labute approximate surface area is 166 Å². The summed E-state index contributed by atoms with van der Waals surface area (Å²) in [6.45, 7) is 2.79. The number of nitrogens with zero attached hydrogens (tertiary/aromatic N) is 2. The minimum atomic E-state index is -0.556. The molecule has 1 saturated carbocycles. The number of nitrogens with one attached hydrogen (secondary N) is 1. The number of rotatable bonds is 2. The molecule has 0 radical (unpaired) electrons. The molecule has 1 fully saturated rings. The molecule has 8 heteroatoms. The summed E-state index contributed by atoms with van der Waals surface area (Å²) in [4.78, 5) is 21.5. The molecule has 1 unspecified atom stereocenters. The number of nitrogens with two attached hydrogens (primary N) is 1. The first-order chi connectivity index (χ1) is 13.4. The van der Waals surface area contributed by atoms with Gasteiger partial charge < -0.3 is 20.5 Å². The van der Waals surface area contributed by atoms with E-state index in [1.807, 2.05) is 18.2 Å². The predicted molar refractivity (Wildman–Crippen MR) is 105 cm³/mol. The number of aromatic nitrogens is 1. The fourth-order valence-corrected chi connectivity index (χ4v) is 4.41. The van der Waals surface area contributed by atoms with Crippen molar-refractivity contribution in [1.82, 2.24) is 4.98 Å². The maximum Gasteiger partial charge on any atom is 0.283 e. The summed E-state index contributed by atoms with van der Waals surface area (Å²) in [6, 6.07) is 7.49. The number of pyridine rings is 1. The minimum Gasteiger partial charge on any atom is -0.493 e. The van der Waals surface area contributed by atoms with Crippen LogP contribution in [0.25, 0.3) is 0 Å². The third-order valence-corrected chi connectivity index (χ3v) is 6.11. The highest BCUT2D eigenvalue weighted by Crippen LogP contribution is 2.65. The molecule has 2 aliphatic heterocycles. The van der Waals surface area contributed by atoms with Crippen LogP contribution >= 0.6 is 11.6 Å². The molecule has 3 heterocycles. The highest BCUT2D eigenvalue weighted by Gasteiger charge is 2.66. The largest absolute Gasteiger partial charge is 0.493 e. The van der Waals surface area contributed by atoms with Gasteiger partial charge in [-0.25, -0.2) is 9.98 Å². The molecule has 1 amide bonds. The molecule has 0 bridgehead atoms. The Hall–Kier alpha value is -2.80. The quantitative estimate of drug-likeness (QED) is 0.810. The lowest BCUT2D eigenvalue weighted by Crippen LogP contribution is -2.44. The first kappa shape index (κ1) is 17.3. The Kier molecular flexibility index (Phi) is 3.61. The summed E-state index contributed by atoms with van der Waals surface area (Å²) in [5.41, 5.74) is 7.81. The van der Waals surface area contributed by atoms with Gasteiger partial charge in [-0.3, -0.25) is 4.79 Å².